The highest BCUT2D eigenvalue weighted by Gasteiger charge is 2.50. The summed E-state index contributed by atoms with van der Waals surface area (Å²) < 4.78 is 12.3. The van der Waals surface area contributed by atoms with Crippen LogP contribution in [0.3, 0.4) is 0 Å². The Morgan fingerprint density at radius 1 is 0.926 bits per heavy atom. The highest BCUT2D eigenvalue weighted by atomic mass is 28.4. The van der Waals surface area contributed by atoms with Gasteiger partial charge in [0.05, 0.1) is 12.7 Å². The largest absolute Gasteiger partial charge is 0.405 e. The number of aliphatic hydroxyl groups is 2. The molecule has 3 atom stereocenters. The van der Waals surface area contributed by atoms with Crippen LogP contribution >= 0.6 is 0 Å². The van der Waals surface area contributed by atoms with Crippen LogP contribution in [0.5, 0.6) is 0 Å². The molecular weight excluding hydrogens is 356 g/mol. The molecule has 2 aromatic rings. The molecule has 1 fully saturated rings. The van der Waals surface area contributed by atoms with Crippen molar-refractivity contribution in [1.29, 1.82) is 0 Å². The first-order valence-electron chi connectivity index (χ1n) is 9.61. The summed E-state index contributed by atoms with van der Waals surface area (Å²) in [6.07, 6.45) is -0.990. The smallest absolute Gasteiger partial charge is 0.261 e. The lowest BCUT2D eigenvalue weighted by atomic mass is 10.1. The van der Waals surface area contributed by atoms with E-state index >= 15 is 0 Å². The van der Waals surface area contributed by atoms with Crippen LogP contribution in [-0.2, 0) is 9.16 Å². The van der Waals surface area contributed by atoms with Crippen LogP contribution in [0.1, 0.15) is 33.6 Å². The SMILES string of the molecule is CC(C)(C)[Si](OC[C@H]1O[C@H](O)CC[C@H]1O)(c1ccccc1)c1ccccc1. The van der Waals surface area contributed by atoms with E-state index < -0.39 is 26.8 Å². The molecule has 0 amide bonds. The van der Waals surface area contributed by atoms with Crippen LogP contribution in [0.25, 0.3) is 0 Å². The topological polar surface area (TPSA) is 58.9 Å². The fourth-order valence-corrected chi connectivity index (χ4v) is 8.55. The molecule has 0 bridgehead atoms. The van der Waals surface area contributed by atoms with E-state index in [1.807, 2.05) is 36.4 Å². The van der Waals surface area contributed by atoms with Gasteiger partial charge in [-0.25, -0.2) is 0 Å². The third kappa shape index (κ3) is 4.17. The Hall–Kier alpha value is -1.50. The van der Waals surface area contributed by atoms with Crippen LogP contribution in [0.4, 0.5) is 0 Å². The van der Waals surface area contributed by atoms with Crippen LogP contribution in [0.15, 0.2) is 60.7 Å². The predicted octanol–water partition coefficient (Wildman–Crippen LogP) is 2.42. The van der Waals surface area contributed by atoms with Crippen LogP contribution < -0.4 is 10.4 Å². The van der Waals surface area contributed by atoms with Gasteiger partial charge in [0.15, 0.2) is 6.29 Å². The first-order valence-corrected chi connectivity index (χ1v) is 11.5. The Morgan fingerprint density at radius 3 is 1.93 bits per heavy atom. The van der Waals surface area contributed by atoms with Gasteiger partial charge in [0.2, 0.25) is 0 Å². The molecule has 27 heavy (non-hydrogen) atoms. The lowest BCUT2D eigenvalue weighted by molar-refractivity contribution is -0.206. The summed E-state index contributed by atoms with van der Waals surface area (Å²) in [5.41, 5.74) is 0. The average Bonchev–Trinajstić information content (AvgIpc) is 2.65. The van der Waals surface area contributed by atoms with E-state index in [1.165, 1.54) is 10.4 Å². The summed E-state index contributed by atoms with van der Waals surface area (Å²) in [5.74, 6) is 0. The lowest BCUT2D eigenvalue weighted by Crippen LogP contribution is -2.67. The molecule has 1 heterocycles. The maximum Gasteiger partial charge on any atom is 0.261 e. The zero-order valence-electron chi connectivity index (χ0n) is 16.3. The van der Waals surface area contributed by atoms with Crippen LogP contribution in [0, 0.1) is 0 Å². The van der Waals surface area contributed by atoms with E-state index in [9.17, 15) is 10.2 Å². The Labute approximate surface area is 162 Å². The summed E-state index contributed by atoms with van der Waals surface area (Å²) in [6.45, 7) is 6.90. The maximum absolute atomic E-state index is 10.3. The lowest BCUT2D eigenvalue weighted by Gasteiger charge is -2.44. The Kier molecular flexibility index (Phi) is 6.18. The van der Waals surface area contributed by atoms with Crippen molar-refractivity contribution in [2.24, 2.45) is 0 Å². The second-order valence-corrected chi connectivity index (χ2v) is 12.6. The monoisotopic (exact) mass is 386 g/mol. The van der Waals surface area contributed by atoms with Crippen molar-refractivity contribution >= 4 is 18.7 Å². The fourth-order valence-electron chi connectivity index (χ4n) is 3.98. The predicted molar refractivity (Wildman–Crippen MR) is 110 cm³/mol. The fraction of sp³-hybridized carbons (Fsp3) is 0.455. The number of hydrogen-bond donors (Lipinski definition) is 2. The first kappa shape index (κ1) is 20.2. The standard InChI is InChI=1S/C22H30O4Si/c1-22(2,3)27(17-10-6-4-7-11-17,18-12-8-5-9-13-18)25-16-20-19(23)14-15-21(24)26-20/h4-13,19-21,23-24H,14-16H2,1-3H3/t19-,20-,21+/m1/s1. The van der Waals surface area contributed by atoms with E-state index in [4.69, 9.17) is 9.16 Å². The van der Waals surface area contributed by atoms with Gasteiger partial charge in [-0.15, -0.1) is 0 Å². The van der Waals surface area contributed by atoms with E-state index in [1.54, 1.807) is 0 Å². The van der Waals surface area contributed by atoms with Gasteiger partial charge in [0.25, 0.3) is 8.32 Å². The van der Waals surface area contributed by atoms with Gasteiger partial charge in [-0.2, -0.15) is 0 Å². The van der Waals surface area contributed by atoms with Gasteiger partial charge in [0, 0.05) is 6.42 Å². The highest BCUT2D eigenvalue weighted by molar-refractivity contribution is 6.99. The van der Waals surface area contributed by atoms with Crippen molar-refractivity contribution < 1.29 is 19.4 Å². The van der Waals surface area contributed by atoms with Crippen molar-refractivity contribution in [3.63, 3.8) is 0 Å². The molecule has 0 aliphatic carbocycles. The zero-order chi connectivity index (χ0) is 19.5. The number of aliphatic hydroxyl groups excluding tert-OH is 2. The van der Waals surface area contributed by atoms with Crippen molar-refractivity contribution in [2.75, 3.05) is 6.61 Å². The molecule has 2 aromatic carbocycles. The molecule has 0 radical (unpaired) electrons. The molecule has 5 heteroatoms. The molecule has 0 spiro atoms. The normalized spacial score (nSPS) is 24.0. The molecule has 1 aliphatic rings. The molecule has 0 saturated carbocycles. The van der Waals surface area contributed by atoms with Gasteiger partial charge in [-0.1, -0.05) is 81.4 Å². The maximum atomic E-state index is 10.3. The van der Waals surface area contributed by atoms with E-state index in [-0.39, 0.29) is 11.6 Å². The molecule has 2 N–H and O–H groups in total. The number of rotatable bonds is 5. The minimum absolute atomic E-state index is 0.131. The van der Waals surface area contributed by atoms with E-state index in [0.29, 0.717) is 12.8 Å². The van der Waals surface area contributed by atoms with Gasteiger partial charge in [-0.3, -0.25) is 0 Å². The third-order valence-electron chi connectivity index (χ3n) is 5.35. The van der Waals surface area contributed by atoms with Crippen LogP contribution in [-0.4, -0.2) is 43.6 Å². The van der Waals surface area contributed by atoms with E-state index in [0.717, 1.165) is 0 Å². The molecule has 4 nitrogen and oxygen atoms in total. The van der Waals surface area contributed by atoms with Crippen molar-refractivity contribution in [3.05, 3.63) is 60.7 Å². The molecule has 1 aliphatic heterocycles. The minimum Gasteiger partial charge on any atom is -0.405 e. The van der Waals surface area contributed by atoms with Crippen molar-refractivity contribution in [3.8, 4) is 0 Å². The summed E-state index contributed by atoms with van der Waals surface area (Å²) in [7, 11) is -2.66. The van der Waals surface area contributed by atoms with Crippen molar-refractivity contribution in [2.45, 2.75) is 57.1 Å². The Balaban J connectivity index is 2.01. The molecule has 0 aromatic heterocycles. The molecular formula is C22H30O4Si. The summed E-state index contributed by atoms with van der Waals surface area (Å²) in [5, 5.41) is 22.4. The molecule has 3 rings (SSSR count). The van der Waals surface area contributed by atoms with Crippen molar-refractivity contribution in [1.82, 2.24) is 0 Å². The van der Waals surface area contributed by atoms with Gasteiger partial charge < -0.3 is 19.4 Å². The first-order chi connectivity index (χ1) is 12.8. The van der Waals surface area contributed by atoms with Gasteiger partial charge >= 0.3 is 0 Å². The molecule has 0 unspecified atom stereocenters. The Bertz CT molecular complexity index is 675. The number of hydrogen-bond acceptors (Lipinski definition) is 4. The molecule has 1 saturated heterocycles. The van der Waals surface area contributed by atoms with Gasteiger partial charge in [-0.05, 0) is 21.8 Å². The minimum atomic E-state index is -2.66. The van der Waals surface area contributed by atoms with Crippen LogP contribution in [0.2, 0.25) is 5.04 Å². The average molecular weight is 387 g/mol. The second-order valence-electron chi connectivity index (χ2n) is 8.25. The number of benzene rings is 2. The quantitative estimate of drug-likeness (QED) is 0.775. The third-order valence-corrected chi connectivity index (χ3v) is 10.4. The molecule has 146 valence electrons. The summed E-state index contributed by atoms with van der Waals surface area (Å²) in [6, 6.07) is 20.8. The second kappa shape index (κ2) is 8.25. The summed E-state index contributed by atoms with van der Waals surface area (Å²) in [4.78, 5) is 0. The highest BCUT2D eigenvalue weighted by Crippen LogP contribution is 2.37. The van der Waals surface area contributed by atoms with Gasteiger partial charge in [0.1, 0.15) is 6.10 Å². The summed E-state index contributed by atoms with van der Waals surface area (Å²) >= 11 is 0. The van der Waals surface area contributed by atoms with E-state index in [2.05, 4.69) is 45.0 Å². The zero-order valence-corrected chi connectivity index (χ0v) is 17.3. The number of ether oxygens (including phenoxy) is 1. The Morgan fingerprint density at radius 2 is 1.44 bits per heavy atom.